The summed E-state index contributed by atoms with van der Waals surface area (Å²) in [5.74, 6) is 0.836. The molecule has 1 heterocycles. The molecule has 1 atom stereocenters. The summed E-state index contributed by atoms with van der Waals surface area (Å²) in [5, 5.41) is 0. The van der Waals surface area contributed by atoms with Crippen molar-refractivity contribution in [3.8, 4) is 0 Å². The predicted molar refractivity (Wildman–Crippen MR) is 54.3 cm³/mol. The van der Waals surface area contributed by atoms with Crippen molar-refractivity contribution in [3.05, 3.63) is 0 Å². The Hall–Kier alpha value is -0.0400. The summed E-state index contributed by atoms with van der Waals surface area (Å²) in [4.78, 5) is 2.69. The van der Waals surface area contributed by atoms with Crippen molar-refractivity contribution < 1.29 is 0 Å². The van der Waals surface area contributed by atoms with E-state index in [9.17, 15) is 0 Å². The second kappa shape index (κ2) is 4.86. The smallest absolute Gasteiger partial charge is 0.00957 e. The van der Waals surface area contributed by atoms with E-state index >= 15 is 0 Å². The van der Waals surface area contributed by atoms with Gasteiger partial charge in [-0.25, -0.2) is 0 Å². The highest BCUT2D eigenvalue weighted by Crippen LogP contribution is 2.21. The molecule has 0 amide bonds. The molecule has 0 N–H and O–H groups in total. The maximum Gasteiger partial charge on any atom is 0.00957 e. The predicted octanol–water partition coefficient (Wildman–Crippen LogP) is 2.91. The third-order valence-corrected chi connectivity index (χ3v) is 2.72. The third kappa shape index (κ3) is 2.78. The molecular weight excluding hydrogens is 146 g/mol. The first kappa shape index (κ1) is 10.0. The van der Waals surface area contributed by atoms with Gasteiger partial charge in [-0.05, 0) is 31.7 Å². The van der Waals surface area contributed by atoms with E-state index in [2.05, 4.69) is 25.7 Å². The van der Waals surface area contributed by atoms with Gasteiger partial charge >= 0.3 is 0 Å². The molecule has 0 spiro atoms. The first-order chi connectivity index (χ1) is 5.74. The summed E-state index contributed by atoms with van der Waals surface area (Å²) < 4.78 is 0. The number of rotatable bonds is 4. The normalized spacial score (nSPS) is 25.5. The van der Waals surface area contributed by atoms with Gasteiger partial charge in [-0.1, -0.05) is 27.2 Å². The molecule has 1 aliphatic heterocycles. The Bertz CT molecular complexity index is 120. The summed E-state index contributed by atoms with van der Waals surface area (Å²) in [6.45, 7) is 9.60. The van der Waals surface area contributed by atoms with Gasteiger partial charge in [0.05, 0.1) is 0 Å². The fraction of sp³-hybridized carbons (Fsp3) is 1.00. The standard InChI is InChI=1S/C11H23N/c1-4-6-11-7-5-8-12(11)9-10(2)3/h10-11H,4-9H2,1-3H3. The molecule has 0 aromatic carbocycles. The molecule has 0 saturated carbocycles. The molecule has 0 aromatic heterocycles. The van der Waals surface area contributed by atoms with Crippen LogP contribution in [-0.4, -0.2) is 24.0 Å². The van der Waals surface area contributed by atoms with E-state index < -0.39 is 0 Å². The zero-order valence-corrected chi connectivity index (χ0v) is 8.84. The van der Waals surface area contributed by atoms with Gasteiger partial charge < -0.3 is 4.90 Å². The van der Waals surface area contributed by atoms with E-state index in [1.165, 1.54) is 38.8 Å². The number of hydrogen-bond donors (Lipinski definition) is 0. The zero-order valence-electron chi connectivity index (χ0n) is 8.84. The molecule has 1 rings (SSSR count). The molecule has 0 bridgehead atoms. The summed E-state index contributed by atoms with van der Waals surface area (Å²) >= 11 is 0. The van der Waals surface area contributed by atoms with Crippen LogP contribution in [0.4, 0.5) is 0 Å². The Labute approximate surface area is 77.1 Å². The van der Waals surface area contributed by atoms with Crippen LogP contribution in [0.1, 0.15) is 46.5 Å². The highest BCUT2D eigenvalue weighted by atomic mass is 15.2. The first-order valence-corrected chi connectivity index (χ1v) is 5.48. The van der Waals surface area contributed by atoms with Crippen LogP contribution in [0.25, 0.3) is 0 Å². The molecular formula is C11H23N. The van der Waals surface area contributed by atoms with Gasteiger partial charge in [0.2, 0.25) is 0 Å². The minimum absolute atomic E-state index is 0.836. The molecule has 72 valence electrons. The average Bonchev–Trinajstić information content (AvgIpc) is 2.37. The molecule has 12 heavy (non-hydrogen) atoms. The molecule has 1 aliphatic rings. The maximum absolute atomic E-state index is 2.69. The Morgan fingerprint density at radius 1 is 1.42 bits per heavy atom. The van der Waals surface area contributed by atoms with Crippen molar-refractivity contribution in [3.63, 3.8) is 0 Å². The van der Waals surface area contributed by atoms with Crippen molar-refractivity contribution in [2.45, 2.75) is 52.5 Å². The Morgan fingerprint density at radius 2 is 2.17 bits per heavy atom. The van der Waals surface area contributed by atoms with Crippen molar-refractivity contribution >= 4 is 0 Å². The molecule has 0 aliphatic carbocycles. The van der Waals surface area contributed by atoms with Gasteiger partial charge in [-0.3, -0.25) is 0 Å². The van der Waals surface area contributed by atoms with E-state index in [4.69, 9.17) is 0 Å². The van der Waals surface area contributed by atoms with Crippen LogP contribution in [0.15, 0.2) is 0 Å². The minimum atomic E-state index is 0.836. The fourth-order valence-corrected chi connectivity index (χ4v) is 2.26. The Kier molecular flexibility index (Phi) is 4.07. The van der Waals surface area contributed by atoms with Crippen LogP contribution in [0, 0.1) is 5.92 Å². The summed E-state index contributed by atoms with van der Waals surface area (Å²) in [7, 11) is 0. The van der Waals surface area contributed by atoms with E-state index in [-0.39, 0.29) is 0 Å². The highest BCUT2D eigenvalue weighted by molar-refractivity contribution is 4.79. The van der Waals surface area contributed by atoms with Gasteiger partial charge in [0.1, 0.15) is 0 Å². The lowest BCUT2D eigenvalue weighted by atomic mass is 10.1. The Balaban J connectivity index is 2.30. The molecule has 1 saturated heterocycles. The Morgan fingerprint density at radius 3 is 2.75 bits per heavy atom. The van der Waals surface area contributed by atoms with Crippen LogP contribution >= 0.6 is 0 Å². The van der Waals surface area contributed by atoms with Gasteiger partial charge in [-0.2, -0.15) is 0 Å². The SMILES string of the molecule is CCCC1CCCN1CC(C)C. The molecule has 1 nitrogen and oxygen atoms in total. The van der Waals surface area contributed by atoms with E-state index in [0.717, 1.165) is 12.0 Å². The number of nitrogens with zero attached hydrogens (tertiary/aromatic N) is 1. The third-order valence-electron chi connectivity index (χ3n) is 2.72. The van der Waals surface area contributed by atoms with E-state index in [1.54, 1.807) is 0 Å². The first-order valence-electron chi connectivity index (χ1n) is 5.48. The van der Waals surface area contributed by atoms with E-state index in [0.29, 0.717) is 0 Å². The summed E-state index contributed by atoms with van der Waals surface area (Å²) in [6.07, 6.45) is 5.63. The number of likely N-dealkylation sites (tertiary alicyclic amines) is 1. The summed E-state index contributed by atoms with van der Waals surface area (Å²) in [5.41, 5.74) is 0. The van der Waals surface area contributed by atoms with Crippen molar-refractivity contribution in [1.82, 2.24) is 4.90 Å². The van der Waals surface area contributed by atoms with Crippen molar-refractivity contribution in [2.24, 2.45) is 5.92 Å². The molecule has 1 heteroatoms. The lowest BCUT2D eigenvalue weighted by Crippen LogP contribution is -2.32. The monoisotopic (exact) mass is 169 g/mol. The number of hydrogen-bond acceptors (Lipinski definition) is 1. The molecule has 1 fully saturated rings. The van der Waals surface area contributed by atoms with Crippen LogP contribution in [0.3, 0.4) is 0 Å². The quantitative estimate of drug-likeness (QED) is 0.625. The average molecular weight is 169 g/mol. The highest BCUT2D eigenvalue weighted by Gasteiger charge is 2.23. The molecule has 0 aromatic rings. The topological polar surface area (TPSA) is 3.24 Å². The van der Waals surface area contributed by atoms with Crippen molar-refractivity contribution in [2.75, 3.05) is 13.1 Å². The maximum atomic E-state index is 2.69. The second-order valence-electron chi connectivity index (χ2n) is 4.47. The zero-order chi connectivity index (χ0) is 8.97. The van der Waals surface area contributed by atoms with Crippen molar-refractivity contribution in [1.29, 1.82) is 0 Å². The van der Waals surface area contributed by atoms with Crippen LogP contribution in [0.2, 0.25) is 0 Å². The molecule has 0 radical (unpaired) electrons. The largest absolute Gasteiger partial charge is 0.300 e. The lowest BCUT2D eigenvalue weighted by Gasteiger charge is -2.25. The second-order valence-corrected chi connectivity index (χ2v) is 4.47. The van der Waals surface area contributed by atoms with Gasteiger partial charge in [0.25, 0.3) is 0 Å². The van der Waals surface area contributed by atoms with Gasteiger partial charge in [0.15, 0.2) is 0 Å². The van der Waals surface area contributed by atoms with Gasteiger partial charge in [-0.15, -0.1) is 0 Å². The van der Waals surface area contributed by atoms with Crippen LogP contribution < -0.4 is 0 Å². The molecule has 1 unspecified atom stereocenters. The fourth-order valence-electron chi connectivity index (χ4n) is 2.26. The van der Waals surface area contributed by atoms with E-state index in [1.807, 2.05) is 0 Å². The minimum Gasteiger partial charge on any atom is -0.300 e. The van der Waals surface area contributed by atoms with Crippen LogP contribution in [0.5, 0.6) is 0 Å². The van der Waals surface area contributed by atoms with Gasteiger partial charge in [0, 0.05) is 12.6 Å². The lowest BCUT2D eigenvalue weighted by molar-refractivity contribution is 0.216. The summed E-state index contributed by atoms with van der Waals surface area (Å²) in [6, 6.07) is 0.914. The van der Waals surface area contributed by atoms with Crippen LogP contribution in [-0.2, 0) is 0 Å².